The Hall–Kier alpha value is -1.86. The van der Waals surface area contributed by atoms with Crippen LogP contribution in [0.3, 0.4) is 0 Å². The topological polar surface area (TPSA) is 58.6 Å². The summed E-state index contributed by atoms with van der Waals surface area (Å²) in [6.07, 6.45) is 0. The molecule has 25 heavy (non-hydrogen) atoms. The van der Waals surface area contributed by atoms with Gasteiger partial charge in [0.15, 0.2) is 0 Å². The van der Waals surface area contributed by atoms with Crippen LogP contribution in [0, 0.1) is 0 Å². The molecule has 130 valence electrons. The lowest BCUT2D eigenvalue weighted by molar-refractivity contribution is 0.0719. The van der Waals surface area contributed by atoms with E-state index in [2.05, 4.69) is 5.32 Å². The number of carbonyl (C=O) groups excluding carboxylic acids is 1. The molecule has 0 spiro atoms. The summed E-state index contributed by atoms with van der Waals surface area (Å²) in [5.41, 5.74) is -0.206. The molecule has 0 aliphatic rings. The average Bonchev–Trinajstić information content (AvgIpc) is 3.33. The van der Waals surface area contributed by atoms with E-state index >= 15 is 0 Å². The molecule has 0 radical (unpaired) electrons. The van der Waals surface area contributed by atoms with Crippen molar-refractivity contribution in [3.8, 4) is 5.75 Å². The van der Waals surface area contributed by atoms with Gasteiger partial charge < -0.3 is 15.2 Å². The molecule has 0 fully saturated rings. The maximum atomic E-state index is 12.6. The predicted molar refractivity (Wildman–Crippen MR) is 102 cm³/mol. The average molecular weight is 394 g/mol. The zero-order valence-corrected chi connectivity index (χ0v) is 15.8. The van der Waals surface area contributed by atoms with Crippen molar-refractivity contribution in [1.29, 1.82) is 0 Å². The van der Waals surface area contributed by atoms with Gasteiger partial charge in [0, 0.05) is 15.5 Å². The Morgan fingerprint density at radius 1 is 1.32 bits per heavy atom. The van der Waals surface area contributed by atoms with Crippen molar-refractivity contribution in [2.75, 3.05) is 13.7 Å². The summed E-state index contributed by atoms with van der Waals surface area (Å²) >= 11 is 8.93. The summed E-state index contributed by atoms with van der Waals surface area (Å²) in [5.74, 6) is 0.0710. The number of rotatable bonds is 6. The van der Waals surface area contributed by atoms with Gasteiger partial charge in [-0.3, -0.25) is 4.79 Å². The molecule has 2 heterocycles. The minimum absolute atomic E-state index is 0.0404. The Labute approximate surface area is 158 Å². The van der Waals surface area contributed by atoms with Crippen LogP contribution < -0.4 is 10.1 Å². The first-order valence-electron chi connectivity index (χ1n) is 7.45. The molecule has 3 rings (SSSR count). The number of amides is 1. The summed E-state index contributed by atoms with van der Waals surface area (Å²) in [4.78, 5) is 13.4. The molecule has 2 aromatic heterocycles. The van der Waals surface area contributed by atoms with E-state index in [1.165, 1.54) is 29.8 Å². The summed E-state index contributed by atoms with van der Waals surface area (Å²) in [7, 11) is 1.49. The van der Waals surface area contributed by atoms with E-state index < -0.39 is 5.60 Å². The summed E-state index contributed by atoms with van der Waals surface area (Å²) < 4.78 is 5.22. The van der Waals surface area contributed by atoms with E-state index in [0.717, 1.165) is 10.4 Å². The van der Waals surface area contributed by atoms with Crippen LogP contribution in [0.4, 0.5) is 0 Å². The second kappa shape index (κ2) is 7.58. The number of aliphatic hydroxyl groups is 1. The highest BCUT2D eigenvalue weighted by molar-refractivity contribution is 7.10. The Morgan fingerprint density at radius 2 is 2.16 bits per heavy atom. The van der Waals surface area contributed by atoms with Gasteiger partial charge in [0.25, 0.3) is 5.91 Å². The summed E-state index contributed by atoms with van der Waals surface area (Å²) in [6.45, 7) is 0.0404. The lowest BCUT2D eigenvalue weighted by Crippen LogP contribution is -2.41. The Bertz CT molecular complexity index is 813. The molecule has 0 bridgehead atoms. The molecular weight excluding hydrogens is 378 g/mol. The molecule has 1 unspecified atom stereocenters. The number of hydrogen-bond acceptors (Lipinski definition) is 5. The van der Waals surface area contributed by atoms with Crippen molar-refractivity contribution in [2.45, 2.75) is 5.60 Å². The lowest BCUT2D eigenvalue weighted by Gasteiger charge is -2.27. The minimum Gasteiger partial charge on any atom is -0.496 e. The molecular formula is C18H16ClNO3S2. The highest BCUT2D eigenvalue weighted by atomic mass is 35.5. The maximum Gasteiger partial charge on any atom is 0.255 e. The molecule has 3 aromatic rings. The van der Waals surface area contributed by atoms with E-state index in [-0.39, 0.29) is 12.5 Å². The second-order valence-electron chi connectivity index (χ2n) is 5.38. The highest BCUT2D eigenvalue weighted by Crippen LogP contribution is 2.34. The van der Waals surface area contributed by atoms with E-state index in [9.17, 15) is 9.90 Å². The third-order valence-corrected chi connectivity index (χ3v) is 5.78. The Balaban J connectivity index is 1.85. The van der Waals surface area contributed by atoms with Gasteiger partial charge in [0.05, 0.1) is 19.2 Å². The number of hydrogen-bond donors (Lipinski definition) is 2. The van der Waals surface area contributed by atoms with Crippen LogP contribution in [0.25, 0.3) is 0 Å². The molecule has 0 aliphatic carbocycles. The van der Waals surface area contributed by atoms with Gasteiger partial charge in [-0.05, 0) is 46.5 Å². The summed E-state index contributed by atoms with van der Waals surface area (Å²) in [6, 6.07) is 10.4. The predicted octanol–water partition coefficient (Wildman–Crippen LogP) is 4.14. The number of benzene rings is 1. The van der Waals surface area contributed by atoms with Crippen LogP contribution in [-0.2, 0) is 5.60 Å². The normalized spacial score (nSPS) is 13.2. The van der Waals surface area contributed by atoms with Crippen LogP contribution in [0.1, 0.15) is 20.8 Å². The number of halogens is 1. The zero-order valence-electron chi connectivity index (χ0n) is 13.4. The standard InChI is InChI=1S/C18H16ClNO3S2/c1-23-15-5-4-13(19)9-14(15)17(21)20-11-18(22,12-6-8-24-10-12)16-3-2-7-25-16/h2-10,22H,11H2,1H3,(H,20,21). The molecule has 0 aliphatic heterocycles. The maximum absolute atomic E-state index is 12.6. The first-order chi connectivity index (χ1) is 12.0. The fraction of sp³-hybridized carbons (Fsp3) is 0.167. The molecule has 0 saturated carbocycles. The molecule has 1 amide bonds. The van der Waals surface area contributed by atoms with Gasteiger partial charge in [0.1, 0.15) is 11.4 Å². The number of nitrogens with one attached hydrogen (secondary N) is 1. The lowest BCUT2D eigenvalue weighted by atomic mass is 9.94. The van der Waals surface area contributed by atoms with Gasteiger partial charge in [0.2, 0.25) is 0 Å². The van der Waals surface area contributed by atoms with Gasteiger partial charge in [-0.2, -0.15) is 11.3 Å². The van der Waals surface area contributed by atoms with E-state index in [0.29, 0.717) is 16.3 Å². The smallest absolute Gasteiger partial charge is 0.255 e. The third kappa shape index (κ3) is 3.72. The molecule has 0 saturated heterocycles. The number of thiophene rings is 2. The van der Waals surface area contributed by atoms with Gasteiger partial charge >= 0.3 is 0 Å². The monoisotopic (exact) mass is 393 g/mol. The quantitative estimate of drug-likeness (QED) is 0.661. The van der Waals surface area contributed by atoms with E-state index in [1.54, 1.807) is 18.2 Å². The SMILES string of the molecule is COc1ccc(Cl)cc1C(=O)NCC(O)(c1ccsc1)c1cccs1. The van der Waals surface area contributed by atoms with Gasteiger partial charge in [-0.25, -0.2) is 0 Å². The largest absolute Gasteiger partial charge is 0.496 e. The highest BCUT2D eigenvalue weighted by Gasteiger charge is 2.34. The number of methoxy groups -OCH3 is 1. The molecule has 1 aromatic carbocycles. The first kappa shape index (κ1) is 17.9. The Morgan fingerprint density at radius 3 is 2.80 bits per heavy atom. The van der Waals surface area contributed by atoms with E-state index in [4.69, 9.17) is 16.3 Å². The van der Waals surface area contributed by atoms with Crippen LogP contribution >= 0.6 is 34.3 Å². The first-order valence-corrected chi connectivity index (χ1v) is 9.65. The van der Waals surface area contributed by atoms with Crippen LogP contribution in [0.2, 0.25) is 5.02 Å². The Kier molecular flexibility index (Phi) is 5.44. The fourth-order valence-corrected chi connectivity index (χ4v) is 4.25. The minimum atomic E-state index is -1.28. The number of carbonyl (C=O) groups is 1. The molecule has 2 N–H and O–H groups in total. The third-order valence-electron chi connectivity index (χ3n) is 3.84. The van der Waals surface area contributed by atoms with Crippen molar-refractivity contribution in [2.24, 2.45) is 0 Å². The van der Waals surface area contributed by atoms with Crippen LogP contribution in [-0.4, -0.2) is 24.7 Å². The van der Waals surface area contributed by atoms with Gasteiger partial charge in [-0.1, -0.05) is 17.7 Å². The van der Waals surface area contributed by atoms with Crippen molar-refractivity contribution in [1.82, 2.24) is 5.32 Å². The van der Waals surface area contributed by atoms with E-state index in [1.807, 2.05) is 34.3 Å². The number of ether oxygens (including phenoxy) is 1. The molecule has 4 nitrogen and oxygen atoms in total. The van der Waals surface area contributed by atoms with Crippen molar-refractivity contribution in [3.63, 3.8) is 0 Å². The molecule has 7 heteroatoms. The van der Waals surface area contributed by atoms with Gasteiger partial charge in [-0.15, -0.1) is 11.3 Å². The van der Waals surface area contributed by atoms with Crippen molar-refractivity contribution < 1.29 is 14.6 Å². The van der Waals surface area contributed by atoms with Crippen LogP contribution in [0.15, 0.2) is 52.5 Å². The fourth-order valence-electron chi connectivity index (χ4n) is 2.51. The zero-order chi connectivity index (χ0) is 17.9. The van der Waals surface area contributed by atoms with Crippen molar-refractivity contribution in [3.05, 3.63) is 73.6 Å². The summed E-state index contributed by atoms with van der Waals surface area (Å²) in [5, 5.41) is 20.2. The van der Waals surface area contributed by atoms with Crippen LogP contribution in [0.5, 0.6) is 5.75 Å². The van der Waals surface area contributed by atoms with Crippen molar-refractivity contribution >= 4 is 40.2 Å². The second-order valence-corrected chi connectivity index (χ2v) is 7.54. The molecule has 1 atom stereocenters.